The molecule has 1 amide bonds. The normalized spacial score (nSPS) is 24.5. The summed E-state index contributed by atoms with van der Waals surface area (Å²) in [4.78, 5) is 20.9. The summed E-state index contributed by atoms with van der Waals surface area (Å²) < 4.78 is 37.5. The Morgan fingerprint density at radius 2 is 1.79 bits per heavy atom. The van der Waals surface area contributed by atoms with Crippen molar-refractivity contribution in [1.29, 1.82) is 0 Å². The molecule has 1 aromatic heterocycles. The van der Waals surface area contributed by atoms with Crippen molar-refractivity contribution in [3.63, 3.8) is 0 Å². The molecule has 0 radical (unpaired) electrons. The predicted octanol–water partition coefficient (Wildman–Crippen LogP) is -0.0699. The van der Waals surface area contributed by atoms with Crippen molar-refractivity contribution in [2.24, 2.45) is 0 Å². The minimum atomic E-state index is -3.53. The van der Waals surface area contributed by atoms with E-state index in [0.717, 1.165) is 18.7 Å². The molecule has 0 bridgehead atoms. The third-order valence-corrected chi connectivity index (χ3v) is 7.33. The van der Waals surface area contributed by atoms with E-state index in [1.165, 1.54) is 10.5 Å². The summed E-state index contributed by atoms with van der Waals surface area (Å²) in [6, 6.07) is 3.35. The van der Waals surface area contributed by atoms with Crippen LogP contribution in [0.1, 0.15) is 12.8 Å². The maximum Gasteiger partial charge on any atom is 0.251 e. The Bertz CT molecular complexity index is 781. The van der Waals surface area contributed by atoms with Gasteiger partial charge in [0, 0.05) is 52.1 Å². The number of piperazine rings is 1. The van der Waals surface area contributed by atoms with Gasteiger partial charge in [-0.05, 0) is 25.0 Å². The van der Waals surface area contributed by atoms with Crippen LogP contribution in [0.25, 0.3) is 0 Å². The van der Waals surface area contributed by atoms with E-state index in [1.54, 1.807) is 12.1 Å². The fraction of sp³-hybridized carbons (Fsp3) is 0.667. The summed E-state index contributed by atoms with van der Waals surface area (Å²) >= 11 is 0. The van der Waals surface area contributed by atoms with E-state index >= 15 is 0 Å². The second-order valence-corrected chi connectivity index (χ2v) is 9.12. The average molecular weight is 410 g/mol. The van der Waals surface area contributed by atoms with Gasteiger partial charge in [0.05, 0.1) is 13.2 Å². The standard InChI is InChI=1S/C18H26N4O5S/c23-18(16-2-1-11-27-16)21-7-5-20(6-8-21)17-4-3-15(14-19-17)28(24,25)22-9-12-26-13-10-22/h3-4,14,16H,1-2,5-13H2. The summed E-state index contributed by atoms with van der Waals surface area (Å²) in [6.45, 7) is 4.80. The summed E-state index contributed by atoms with van der Waals surface area (Å²) in [5.41, 5.74) is 0. The fourth-order valence-corrected chi connectivity index (χ4v) is 5.13. The summed E-state index contributed by atoms with van der Waals surface area (Å²) in [6.07, 6.45) is 2.89. The Hall–Kier alpha value is -1.75. The van der Waals surface area contributed by atoms with Gasteiger partial charge in [-0.1, -0.05) is 0 Å². The molecule has 0 saturated carbocycles. The smallest absolute Gasteiger partial charge is 0.251 e. The number of carbonyl (C=O) groups is 1. The second kappa shape index (κ2) is 8.32. The first kappa shape index (κ1) is 19.6. The van der Waals surface area contributed by atoms with Gasteiger partial charge in [0.2, 0.25) is 10.0 Å². The first-order valence-electron chi connectivity index (χ1n) is 9.75. The Balaban J connectivity index is 1.36. The number of nitrogens with zero attached hydrogens (tertiary/aromatic N) is 4. The summed E-state index contributed by atoms with van der Waals surface area (Å²) in [5.74, 6) is 0.808. The van der Waals surface area contributed by atoms with E-state index in [-0.39, 0.29) is 16.9 Å². The van der Waals surface area contributed by atoms with E-state index in [4.69, 9.17) is 9.47 Å². The van der Waals surface area contributed by atoms with Gasteiger partial charge in [-0.15, -0.1) is 0 Å². The summed E-state index contributed by atoms with van der Waals surface area (Å²) in [7, 11) is -3.53. The third-order valence-electron chi connectivity index (χ3n) is 5.45. The molecule has 154 valence electrons. The molecule has 0 N–H and O–H groups in total. The topological polar surface area (TPSA) is 92.3 Å². The fourth-order valence-electron chi connectivity index (χ4n) is 3.78. The Labute approximate surface area is 165 Å². The molecule has 0 aromatic carbocycles. The van der Waals surface area contributed by atoms with E-state index in [1.807, 2.05) is 4.90 Å². The van der Waals surface area contributed by atoms with Crippen molar-refractivity contribution in [3.8, 4) is 0 Å². The van der Waals surface area contributed by atoms with Crippen LogP contribution in [-0.2, 0) is 24.3 Å². The van der Waals surface area contributed by atoms with Gasteiger partial charge in [0.25, 0.3) is 5.91 Å². The monoisotopic (exact) mass is 410 g/mol. The highest BCUT2D eigenvalue weighted by Crippen LogP contribution is 2.21. The molecule has 1 atom stereocenters. The van der Waals surface area contributed by atoms with E-state index in [0.29, 0.717) is 59.1 Å². The number of ether oxygens (including phenoxy) is 2. The number of anilines is 1. The lowest BCUT2D eigenvalue weighted by Gasteiger charge is -2.36. The van der Waals surface area contributed by atoms with Gasteiger partial charge >= 0.3 is 0 Å². The van der Waals surface area contributed by atoms with Gasteiger partial charge in [-0.3, -0.25) is 4.79 Å². The van der Waals surface area contributed by atoms with Crippen molar-refractivity contribution < 1.29 is 22.7 Å². The molecule has 0 spiro atoms. The predicted molar refractivity (Wildman–Crippen MR) is 102 cm³/mol. The van der Waals surface area contributed by atoms with Crippen molar-refractivity contribution in [1.82, 2.24) is 14.2 Å². The van der Waals surface area contributed by atoms with Crippen LogP contribution in [0, 0.1) is 0 Å². The molecule has 4 heterocycles. The molecule has 4 rings (SSSR count). The van der Waals surface area contributed by atoms with Gasteiger partial charge in [0.15, 0.2) is 0 Å². The zero-order valence-electron chi connectivity index (χ0n) is 15.8. The number of amides is 1. The first-order valence-corrected chi connectivity index (χ1v) is 11.2. The minimum Gasteiger partial charge on any atom is -0.379 e. The maximum atomic E-state index is 12.7. The average Bonchev–Trinajstić information content (AvgIpc) is 3.29. The molecule has 10 heteroatoms. The molecule has 3 aliphatic rings. The molecule has 1 aromatic rings. The van der Waals surface area contributed by atoms with Crippen LogP contribution in [0.5, 0.6) is 0 Å². The second-order valence-electron chi connectivity index (χ2n) is 7.18. The van der Waals surface area contributed by atoms with Gasteiger partial charge in [0.1, 0.15) is 16.8 Å². The largest absolute Gasteiger partial charge is 0.379 e. The van der Waals surface area contributed by atoms with Gasteiger partial charge < -0.3 is 19.3 Å². The zero-order valence-corrected chi connectivity index (χ0v) is 16.6. The van der Waals surface area contributed by atoms with Crippen LogP contribution in [0.4, 0.5) is 5.82 Å². The number of pyridine rings is 1. The van der Waals surface area contributed by atoms with E-state index < -0.39 is 10.0 Å². The van der Waals surface area contributed by atoms with Gasteiger partial charge in [-0.25, -0.2) is 13.4 Å². The highest BCUT2D eigenvalue weighted by Gasteiger charge is 2.31. The van der Waals surface area contributed by atoms with Crippen molar-refractivity contribution in [2.75, 3.05) is 64.0 Å². The molecule has 9 nitrogen and oxygen atoms in total. The third kappa shape index (κ3) is 4.00. The molecular weight excluding hydrogens is 384 g/mol. The van der Waals surface area contributed by atoms with Crippen LogP contribution in [0.15, 0.2) is 23.2 Å². The van der Waals surface area contributed by atoms with Crippen LogP contribution in [-0.4, -0.2) is 93.7 Å². The van der Waals surface area contributed by atoms with E-state index in [9.17, 15) is 13.2 Å². The number of sulfonamides is 1. The van der Waals surface area contributed by atoms with Crippen molar-refractivity contribution in [2.45, 2.75) is 23.8 Å². The van der Waals surface area contributed by atoms with Crippen LogP contribution >= 0.6 is 0 Å². The van der Waals surface area contributed by atoms with Crippen molar-refractivity contribution in [3.05, 3.63) is 18.3 Å². The molecule has 1 unspecified atom stereocenters. The quantitative estimate of drug-likeness (QED) is 0.686. The zero-order chi connectivity index (χ0) is 19.6. The van der Waals surface area contributed by atoms with Crippen molar-refractivity contribution >= 4 is 21.7 Å². The number of morpholine rings is 1. The highest BCUT2D eigenvalue weighted by molar-refractivity contribution is 7.89. The molecule has 3 aliphatic heterocycles. The maximum absolute atomic E-state index is 12.7. The lowest BCUT2D eigenvalue weighted by atomic mass is 10.2. The summed E-state index contributed by atoms with van der Waals surface area (Å²) in [5, 5.41) is 0. The lowest BCUT2D eigenvalue weighted by molar-refractivity contribution is -0.141. The molecule has 0 aliphatic carbocycles. The molecule has 3 saturated heterocycles. The van der Waals surface area contributed by atoms with Crippen LogP contribution in [0.3, 0.4) is 0 Å². The number of aromatic nitrogens is 1. The first-order chi connectivity index (χ1) is 13.6. The SMILES string of the molecule is O=C(C1CCCO1)N1CCN(c2ccc(S(=O)(=O)N3CCOCC3)cn2)CC1. The Kier molecular flexibility index (Phi) is 5.81. The molecule has 3 fully saturated rings. The van der Waals surface area contributed by atoms with Gasteiger partial charge in [-0.2, -0.15) is 4.31 Å². The van der Waals surface area contributed by atoms with Crippen LogP contribution in [0.2, 0.25) is 0 Å². The molecule has 28 heavy (non-hydrogen) atoms. The number of hydrogen-bond acceptors (Lipinski definition) is 7. The highest BCUT2D eigenvalue weighted by atomic mass is 32.2. The Morgan fingerprint density at radius 1 is 1.04 bits per heavy atom. The minimum absolute atomic E-state index is 0.0806. The number of hydrogen-bond donors (Lipinski definition) is 0. The van der Waals surface area contributed by atoms with Crippen LogP contribution < -0.4 is 4.90 Å². The number of rotatable bonds is 4. The molecular formula is C18H26N4O5S. The Morgan fingerprint density at radius 3 is 2.39 bits per heavy atom. The number of carbonyl (C=O) groups excluding carboxylic acids is 1. The lowest BCUT2D eigenvalue weighted by Crippen LogP contribution is -2.51. The van der Waals surface area contributed by atoms with E-state index in [2.05, 4.69) is 9.88 Å².